The van der Waals surface area contributed by atoms with Crippen LogP contribution in [0.1, 0.15) is 80.9 Å². The van der Waals surface area contributed by atoms with Crippen molar-refractivity contribution in [3.8, 4) is 5.75 Å². The molecule has 222 valence electrons. The van der Waals surface area contributed by atoms with Gasteiger partial charge in [-0.2, -0.15) is 0 Å². The third-order valence-corrected chi connectivity index (χ3v) is 10.4. The number of aromatic nitrogens is 1. The predicted molar refractivity (Wildman–Crippen MR) is 165 cm³/mol. The Hall–Kier alpha value is -3.09. The lowest BCUT2D eigenvalue weighted by atomic mass is 9.59. The fourth-order valence-corrected chi connectivity index (χ4v) is 8.23. The van der Waals surface area contributed by atoms with E-state index in [4.69, 9.17) is 16.3 Å². The highest BCUT2D eigenvalue weighted by Crippen LogP contribution is 2.56. The largest absolute Gasteiger partial charge is 0.493 e. The van der Waals surface area contributed by atoms with Crippen molar-refractivity contribution in [2.75, 3.05) is 11.9 Å². The van der Waals surface area contributed by atoms with Gasteiger partial charge in [0.2, 0.25) is 0 Å². The van der Waals surface area contributed by atoms with Crippen molar-refractivity contribution in [2.24, 2.45) is 17.8 Å². The van der Waals surface area contributed by atoms with Crippen LogP contribution in [0.15, 0.2) is 60.8 Å². The van der Waals surface area contributed by atoms with Gasteiger partial charge < -0.3 is 20.3 Å². The molecule has 1 spiro atoms. The highest BCUT2D eigenvalue weighted by molar-refractivity contribution is 6.30. The van der Waals surface area contributed by atoms with Crippen molar-refractivity contribution in [1.29, 1.82) is 0 Å². The minimum absolute atomic E-state index is 0.0464. The van der Waals surface area contributed by atoms with E-state index in [9.17, 15) is 15.0 Å². The molecule has 0 aliphatic heterocycles. The summed E-state index contributed by atoms with van der Waals surface area (Å²) in [5.41, 5.74) is 4.28. The molecule has 0 radical (unpaired) electrons. The highest BCUT2D eigenvalue weighted by atomic mass is 35.5. The Balaban J connectivity index is 1.19. The van der Waals surface area contributed by atoms with Crippen LogP contribution in [-0.2, 0) is 23.1 Å². The van der Waals surface area contributed by atoms with Crippen molar-refractivity contribution in [1.82, 2.24) is 4.98 Å². The van der Waals surface area contributed by atoms with E-state index in [0.717, 1.165) is 61.2 Å². The van der Waals surface area contributed by atoms with Crippen molar-refractivity contribution in [3.05, 3.63) is 88.2 Å². The zero-order chi connectivity index (χ0) is 29.5. The van der Waals surface area contributed by atoms with Crippen LogP contribution in [-0.4, -0.2) is 33.3 Å². The number of hydrogen-bond donors (Lipinski definition) is 3. The first-order valence-corrected chi connectivity index (χ1v) is 15.7. The van der Waals surface area contributed by atoms with Crippen molar-refractivity contribution in [2.45, 2.75) is 82.3 Å². The fraction of sp³-hybridized carbons (Fsp3) is 0.486. The molecule has 3 aliphatic rings. The van der Waals surface area contributed by atoms with Gasteiger partial charge >= 0.3 is 5.97 Å². The van der Waals surface area contributed by atoms with E-state index in [-0.39, 0.29) is 5.41 Å². The maximum Gasteiger partial charge on any atom is 0.329 e. The molecule has 3 aliphatic carbocycles. The number of carboxylic acids is 1. The molecule has 1 heterocycles. The number of carboxylic acid groups (broad SMARTS) is 1. The van der Waals surface area contributed by atoms with Gasteiger partial charge in [0.1, 0.15) is 11.3 Å². The third kappa shape index (κ3) is 5.40. The smallest absolute Gasteiger partial charge is 0.329 e. The second kappa shape index (κ2) is 11.5. The molecule has 1 aromatic heterocycles. The Labute approximate surface area is 253 Å². The molecule has 7 heteroatoms. The summed E-state index contributed by atoms with van der Waals surface area (Å²) in [5.74, 6) is 1.16. The number of aliphatic hydroxyl groups excluding tert-OH is 1. The number of aliphatic carboxylic acids is 1. The van der Waals surface area contributed by atoms with Gasteiger partial charge in [0.15, 0.2) is 0 Å². The maximum absolute atomic E-state index is 12.7. The topological polar surface area (TPSA) is 91.7 Å². The molecule has 0 saturated heterocycles. The summed E-state index contributed by atoms with van der Waals surface area (Å²) in [5, 5.41) is 24.9. The maximum atomic E-state index is 12.7. The zero-order valence-corrected chi connectivity index (χ0v) is 25.2. The van der Waals surface area contributed by atoms with E-state index in [0.29, 0.717) is 42.2 Å². The molecule has 3 aromatic rings. The van der Waals surface area contributed by atoms with Crippen LogP contribution in [0.4, 0.5) is 5.69 Å². The number of hydrogen-bond acceptors (Lipinski definition) is 5. The Morgan fingerprint density at radius 2 is 1.90 bits per heavy atom. The van der Waals surface area contributed by atoms with E-state index in [1.54, 1.807) is 18.3 Å². The van der Waals surface area contributed by atoms with Gasteiger partial charge in [0.05, 0.1) is 18.4 Å². The van der Waals surface area contributed by atoms with Crippen molar-refractivity contribution < 1.29 is 19.7 Å². The second-order valence-corrected chi connectivity index (χ2v) is 13.6. The first-order valence-electron chi connectivity index (χ1n) is 15.3. The Morgan fingerprint density at radius 3 is 2.67 bits per heavy atom. The number of benzene rings is 2. The molecule has 6 nitrogen and oxygen atoms in total. The molecule has 42 heavy (non-hydrogen) atoms. The number of ether oxygens (including phenoxy) is 1. The summed E-state index contributed by atoms with van der Waals surface area (Å²) in [6, 6.07) is 18.0. The monoisotopic (exact) mass is 588 g/mol. The zero-order valence-electron chi connectivity index (χ0n) is 24.5. The predicted octanol–water partition coefficient (Wildman–Crippen LogP) is 7.38. The van der Waals surface area contributed by atoms with Gasteiger partial charge in [0, 0.05) is 22.5 Å². The Morgan fingerprint density at radius 1 is 1.12 bits per heavy atom. The van der Waals surface area contributed by atoms with Crippen LogP contribution in [0.2, 0.25) is 5.02 Å². The number of aliphatic hydroxyl groups is 1. The first kappa shape index (κ1) is 29.0. The molecular weight excluding hydrogens is 548 g/mol. The minimum Gasteiger partial charge on any atom is -0.493 e. The van der Waals surface area contributed by atoms with Crippen LogP contribution in [0.3, 0.4) is 0 Å². The summed E-state index contributed by atoms with van der Waals surface area (Å²) in [4.78, 5) is 17.2. The lowest BCUT2D eigenvalue weighted by Gasteiger charge is -2.47. The number of pyridine rings is 1. The molecule has 0 bridgehead atoms. The summed E-state index contributed by atoms with van der Waals surface area (Å²) in [7, 11) is 0. The number of fused-ring (bicyclic) bond motifs is 3. The van der Waals surface area contributed by atoms with Crippen molar-refractivity contribution >= 4 is 23.3 Å². The molecule has 0 amide bonds. The van der Waals surface area contributed by atoms with Gasteiger partial charge in [-0.25, -0.2) is 4.79 Å². The second-order valence-electron chi connectivity index (χ2n) is 13.1. The summed E-state index contributed by atoms with van der Waals surface area (Å²) >= 11 is 6.21. The van der Waals surface area contributed by atoms with E-state index in [1.165, 1.54) is 11.1 Å². The van der Waals surface area contributed by atoms with Gasteiger partial charge in [0.25, 0.3) is 0 Å². The molecule has 2 aromatic carbocycles. The summed E-state index contributed by atoms with van der Waals surface area (Å²) in [6.45, 7) is 5.02. The fourth-order valence-electron chi connectivity index (χ4n) is 8.04. The highest BCUT2D eigenvalue weighted by Gasteiger charge is 2.54. The van der Waals surface area contributed by atoms with E-state index in [2.05, 4.69) is 48.4 Å². The van der Waals surface area contributed by atoms with Crippen LogP contribution in [0.25, 0.3) is 0 Å². The lowest BCUT2D eigenvalue weighted by Crippen LogP contribution is -2.53. The van der Waals surface area contributed by atoms with Crippen LogP contribution in [0.5, 0.6) is 5.75 Å². The summed E-state index contributed by atoms with van der Waals surface area (Å²) < 4.78 is 6.42. The quantitative estimate of drug-likeness (QED) is 0.254. The molecule has 3 N–H and O–H groups in total. The van der Waals surface area contributed by atoms with E-state index in [1.807, 2.05) is 18.2 Å². The van der Waals surface area contributed by atoms with Gasteiger partial charge in [-0.05, 0) is 110 Å². The van der Waals surface area contributed by atoms with E-state index >= 15 is 0 Å². The average Bonchev–Trinajstić information content (AvgIpc) is 3.25. The number of anilines is 1. The molecule has 3 unspecified atom stereocenters. The number of carbonyl (C=O) groups is 1. The molecule has 4 atom stereocenters. The van der Waals surface area contributed by atoms with E-state index < -0.39 is 17.6 Å². The molecule has 1 saturated carbocycles. The van der Waals surface area contributed by atoms with Crippen LogP contribution < -0.4 is 10.1 Å². The lowest BCUT2D eigenvalue weighted by molar-refractivity contribution is -0.144. The normalized spacial score (nSPS) is 29.0. The van der Waals surface area contributed by atoms with Gasteiger partial charge in [-0.1, -0.05) is 55.8 Å². The van der Waals surface area contributed by atoms with Gasteiger partial charge in [-0.15, -0.1) is 0 Å². The van der Waals surface area contributed by atoms with Gasteiger partial charge in [-0.3, -0.25) is 4.98 Å². The standard InChI is InChI=1S/C35H41ClN2O4/c1-22-17-28-31(10-15-37-32(28)30(39)18-22)42-21-23(2)16-25-19-24-6-3-4-9-29(24)34(25)11-13-35(14-12-34,33(40)41)38-27-8-5-7-26(36)20-27/h3-10,15,20,22-23,25,30,38-39H,11-14,16-19,21H2,1-2H3,(H,40,41)/t22?,23-,25?,30?,34?,35?/m1/s1. The number of nitrogens with zero attached hydrogens (tertiary/aromatic N) is 1. The SMILES string of the molecule is CC1Cc2c(OC[C@H](C)CC3Cc4ccccc4C34CCC(Nc3cccc(Cl)c3)(C(=O)O)CC4)ccnc2C(O)C1. The first-order chi connectivity index (χ1) is 20.2. The molecule has 6 rings (SSSR count). The third-order valence-electron chi connectivity index (χ3n) is 10.2. The minimum atomic E-state index is -1.02. The number of halogens is 1. The number of rotatable bonds is 8. The van der Waals surface area contributed by atoms with Crippen LogP contribution >= 0.6 is 11.6 Å². The van der Waals surface area contributed by atoms with Crippen molar-refractivity contribution in [3.63, 3.8) is 0 Å². The molecule has 1 fully saturated rings. The summed E-state index contributed by atoms with van der Waals surface area (Å²) in [6.07, 6.45) is 7.57. The molecular formula is C35H41ClN2O4. The Kier molecular flexibility index (Phi) is 7.97. The number of nitrogens with one attached hydrogen (secondary N) is 1. The van der Waals surface area contributed by atoms with Crippen LogP contribution in [0, 0.1) is 17.8 Å². The Bertz CT molecular complexity index is 1450. The average molecular weight is 589 g/mol.